The maximum absolute atomic E-state index is 6.58. The number of nitrogens with zero attached hydrogens (tertiary/aromatic N) is 2. The van der Waals surface area contributed by atoms with Crippen LogP contribution >= 0.6 is 0 Å². The van der Waals surface area contributed by atoms with E-state index >= 15 is 0 Å². The summed E-state index contributed by atoms with van der Waals surface area (Å²) >= 11 is 0. The average molecular weight is 391 g/mol. The molecule has 29 heavy (non-hydrogen) atoms. The highest BCUT2D eigenvalue weighted by Gasteiger charge is 2.43. The third kappa shape index (κ3) is 3.83. The van der Waals surface area contributed by atoms with Crippen molar-refractivity contribution in [3.63, 3.8) is 0 Å². The van der Waals surface area contributed by atoms with E-state index in [1.165, 1.54) is 61.3 Å². The van der Waals surface area contributed by atoms with E-state index < -0.39 is 0 Å². The van der Waals surface area contributed by atoms with Crippen LogP contribution in [0.3, 0.4) is 0 Å². The Morgan fingerprint density at radius 3 is 2.31 bits per heavy atom. The van der Waals surface area contributed by atoms with Gasteiger partial charge in [-0.25, -0.2) is 0 Å². The standard InChI is InChI=1S/C26H34N2O/c1-3-20-4-6-21(7-5-20)22-8-9-25-23(18-22)19-26(29-25)12-16-28(17-13-26)24-10-14-27(2)15-11-24/h4-9,18,24H,3,10-17,19H2,1-2H3. The molecule has 3 aliphatic heterocycles. The SMILES string of the molecule is CCc1ccc(-c2ccc3c(c2)CC2(CCN(C4CCN(C)CC4)CC2)O3)cc1. The van der Waals surface area contributed by atoms with Crippen LogP contribution in [0.25, 0.3) is 11.1 Å². The van der Waals surface area contributed by atoms with Crippen LogP contribution < -0.4 is 4.74 Å². The van der Waals surface area contributed by atoms with Gasteiger partial charge in [-0.1, -0.05) is 37.3 Å². The van der Waals surface area contributed by atoms with E-state index in [0.29, 0.717) is 0 Å². The lowest BCUT2D eigenvalue weighted by molar-refractivity contribution is -0.00401. The van der Waals surface area contributed by atoms with Gasteiger partial charge in [0.05, 0.1) is 0 Å². The Hall–Kier alpha value is -1.84. The lowest BCUT2D eigenvalue weighted by atomic mass is 9.85. The number of fused-ring (bicyclic) bond motifs is 1. The van der Waals surface area contributed by atoms with E-state index in [-0.39, 0.29) is 5.60 Å². The monoisotopic (exact) mass is 390 g/mol. The second-order valence-electron chi connectivity index (χ2n) is 9.41. The fraction of sp³-hybridized carbons (Fsp3) is 0.538. The van der Waals surface area contributed by atoms with E-state index in [1.807, 2.05) is 0 Å². The molecule has 0 aliphatic carbocycles. The zero-order valence-corrected chi connectivity index (χ0v) is 18.0. The largest absolute Gasteiger partial charge is 0.487 e. The molecule has 0 saturated carbocycles. The molecule has 0 amide bonds. The molecule has 3 nitrogen and oxygen atoms in total. The zero-order valence-electron chi connectivity index (χ0n) is 18.0. The van der Waals surface area contributed by atoms with Crippen LogP contribution in [0, 0.1) is 0 Å². The molecule has 2 aromatic carbocycles. The Kier molecular flexibility index (Phi) is 5.13. The molecule has 0 radical (unpaired) electrons. The minimum atomic E-state index is 0.0367. The van der Waals surface area contributed by atoms with E-state index in [2.05, 4.69) is 66.2 Å². The summed E-state index contributed by atoms with van der Waals surface area (Å²) in [5, 5.41) is 0. The zero-order chi connectivity index (χ0) is 19.8. The molecule has 5 rings (SSSR count). The van der Waals surface area contributed by atoms with E-state index in [1.54, 1.807) is 0 Å². The highest BCUT2D eigenvalue weighted by Crippen LogP contribution is 2.43. The molecule has 0 N–H and O–H groups in total. The highest BCUT2D eigenvalue weighted by molar-refractivity contribution is 5.66. The molecular formula is C26H34N2O. The minimum Gasteiger partial charge on any atom is -0.487 e. The van der Waals surface area contributed by atoms with Gasteiger partial charge in [0, 0.05) is 38.4 Å². The van der Waals surface area contributed by atoms with Crippen molar-refractivity contribution in [1.82, 2.24) is 9.80 Å². The lowest BCUT2D eigenvalue weighted by Crippen LogP contribution is -2.52. The summed E-state index contributed by atoms with van der Waals surface area (Å²) < 4.78 is 6.58. The summed E-state index contributed by atoms with van der Waals surface area (Å²) in [5.74, 6) is 1.12. The normalized spacial score (nSPS) is 22.6. The second-order valence-corrected chi connectivity index (χ2v) is 9.41. The van der Waals surface area contributed by atoms with Crippen molar-refractivity contribution in [3.05, 3.63) is 53.6 Å². The number of rotatable bonds is 3. The van der Waals surface area contributed by atoms with E-state index in [4.69, 9.17) is 4.74 Å². The topological polar surface area (TPSA) is 15.7 Å². The van der Waals surface area contributed by atoms with Crippen molar-refractivity contribution in [2.24, 2.45) is 0 Å². The molecule has 2 aromatic rings. The van der Waals surface area contributed by atoms with Crippen LogP contribution in [-0.2, 0) is 12.8 Å². The number of likely N-dealkylation sites (tertiary alicyclic amines) is 2. The Bertz CT molecular complexity index is 844. The third-order valence-electron chi connectivity index (χ3n) is 7.51. The molecule has 154 valence electrons. The molecule has 1 spiro atoms. The van der Waals surface area contributed by atoms with Gasteiger partial charge in [-0.3, -0.25) is 4.90 Å². The van der Waals surface area contributed by atoms with Crippen LogP contribution in [0.2, 0.25) is 0 Å². The van der Waals surface area contributed by atoms with Crippen molar-refractivity contribution in [2.75, 3.05) is 33.2 Å². The fourth-order valence-corrected chi connectivity index (χ4v) is 5.48. The first-order chi connectivity index (χ1) is 14.1. The van der Waals surface area contributed by atoms with Gasteiger partial charge in [0.1, 0.15) is 11.4 Å². The number of hydrogen-bond acceptors (Lipinski definition) is 3. The van der Waals surface area contributed by atoms with Gasteiger partial charge in [-0.05, 0) is 73.8 Å². The summed E-state index contributed by atoms with van der Waals surface area (Å²) in [6, 6.07) is 16.6. The fourth-order valence-electron chi connectivity index (χ4n) is 5.48. The van der Waals surface area contributed by atoms with Crippen molar-refractivity contribution in [3.8, 4) is 16.9 Å². The first kappa shape index (κ1) is 19.1. The van der Waals surface area contributed by atoms with Crippen LogP contribution in [0.1, 0.15) is 43.7 Å². The Labute approximate surface area is 175 Å². The van der Waals surface area contributed by atoms with Gasteiger partial charge < -0.3 is 9.64 Å². The number of hydrogen-bond donors (Lipinski definition) is 0. The van der Waals surface area contributed by atoms with Gasteiger partial charge in [-0.2, -0.15) is 0 Å². The second kappa shape index (κ2) is 7.77. The number of ether oxygens (including phenoxy) is 1. The van der Waals surface area contributed by atoms with Crippen LogP contribution in [-0.4, -0.2) is 54.7 Å². The summed E-state index contributed by atoms with van der Waals surface area (Å²) in [6.07, 6.45) is 7.14. The number of benzene rings is 2. The molecule has 2 saturated heterocycles. The minimum absolute atomic E-state index is 0.0367. The molecule has 0 bridgehead atoms. The predicted octanol–water partition coefficient (Wildman–Crippen LogP) is 4.78. The number of aryl methyl sites for hydroxylation is 1. The Morgan fingerprint density at radius 1 is 0.931 bits per heavy atom. The molecular weight excluding hydrogens is 356 g/mol. The van der Waals surface area contributed by atoms with Gasteiger partial charge in [-0.15, -0.1) is 0 Å². The lowest BCUT2D eigenvalue weighted by Gasteiger charge is -2.44. The predicted molar refractivity (Wildman–Crippen MR) is 120 cm³/mol. The molecule has 3 aliphatic rings. The van der Waals surface area contributed by atoms with Crippen LogP contribution in [0.5, 0.6) is 5.75 Å². The van der Waals surface area contributed by atoms with Crippen molar-refractivity contribution >= 4 is 0 Å². The van der Waals surface area contributed by atoms with E-state index in [9.17, 15) is 0 Å². The van der Waals surface area contributed by atoms with Crippen LogP contribution in [0.4, 0.5) is 0 Å². The third-order valence-corrected chi connectivity index (χ3v) is 7.51. The first-order valence-corrected chi connectivity index (χ1v) is 11.5. The van der Waals surface area contributed by atoms with Gasteiger partial charge in [0.2, 0.25) is 0 Å². The molecule has 0 atom stereocenters. The molecule has 0 aromatic heterocycles. The molecule has 2 fully saturated rings. The van der Waals surface area contributed by atoms with Gasteiger partial charge >= 0.3 is 0 Å². The summed E-state index contributed by atoms with van der Waals surface area (Å²) in [4.78, 5) is 5.21. The molecule has 0 unspecified atom stereocenters. The smallest absolute Gasteiger partial charge is 0.123 e. The highest BCUT2D eigenvalue weighted by atomic mass is 16.5. The summed E-state index contributed by atoms with van der Waals surface area (Å²) in [7, 11) is 2.25. The quantitative estimate of drug-likeness (QED) is 0.750. The van der Waals surface area contributed by atoms with Gasteiger partial charge in [0.25, 0.3) is 0 Å². The molecule has 3 heterocycles. The number of piperidine rings is 2. The summed E-state index contributed by atoms with van der Waals surface area (Å²) in [6.45, 7) is 7.08. The van der Waals surface area contributed by atoms with Crippen molar-refractivity contribution in [1.29, 1.82) is 0 Å². The molecule has 3 heteroatoms. The summed E-state index contributed by atoms with van der Waals surface area (Å²) in [5.41, 5.74) is 5.46. The average Bonchev–Trinajstić information content (AvgIpc) is 3.12. The maximum atomic E-state index is 6.58. The van der Waals surface area contributed by atoms with E-state index in [0.717, 1.165) is 37.5 Å². The van der Waals surface area contributed by atoms with Crippen molar-refractivity contribution < 1.29 is 4.74 Å². The van der Waals surface area contributed by atoms with Crippen molar-refractivity contribution in [2.45, 2.75) is 57.1 Å². The Morgan fingerprint density at radius 2 is 1.62 bits per heavy atom. The Balaban J connectivity index is 1.25. The van der Waals surface area contributed by atoms with Gasteiger partial charge in [0.15, 0.2) is 0 Å². The maximum Gasteiger partial charge on any atom is 0.123 e. The first-order valence-electron chi connectivity index (χ1n) is 11.5. The van der Waals surface area contributed by atoms with Crippen LogP contribution in [0.15, 0.2) is 42.5 Å².